The highest BCUT2D eigenvalue weighted by atomic mass is 16.5. The molecular formula is C15H21N7O8. The zero-order chi connectivity index (χ0) is 22.6. The van der Waals surface area contributed by atoms with E-state index in [4.69, 9.17) is 5.11 Å². The van der Waals surface area contributed by atoms with Crippen molar-refractivity contribution in [2.45, 2.75) is 18.6 Å². The maximum atomic E-state index is 12.3. The van der Waals surface area contributed by atoms with Crippen molar-refractivity contribution in [3.05, 3.63) is 20.8 Å². The van der Waals surface area contributed by atoms with Crippen molar-refractivity contribution >= 4 is 28.9 Å². The molecule has 30 heavy (non-hydrogen) atoms. The number of nitrogens with zero attached hydrogens (tertiary/aromatic N) is 5. The zero-order valence-corrected chi connectivity index (χ0v) is 16.4. The Morgan fingerprint density at radius 2 is 1.70 bits per heavy atom. The minimum absolute atomic E-state index is 0.0313. The number of aliphatic hydroxyl groups is 2. The van der Waals surface area contributed by atoms with Gasteiger partial charge in [0.1, 0.15) is 12.6 Å². The second-order valence-corrected chi connectivity index (χ2v) is 6.19. The van der Waals surface area contributed by atoms with Gasteiger partial charge in [0.25, 0.3) is 5.56 Å². The second-order valence-electron chi connectivity index (χ2n) is 6.19. The summed E-state index contributed by atoms with van der Waals surface area (Å²) < 4.78 is 7.27. The van der Waals surface area contributed by atoms with Gasteiger partial charge in [0.2, 0.25) is 11.8 Å². The van der Waals surface area contributed by atoms with Gasteiger partial charge in [-0.15, -0.1) is 5.10 Å². The van der Waals surface area contributed by atoms with Crippen LogP contribution in [0.2, 0.25) is 0 Å². The first-order valence-corrected chi connectivity index (χ1v) is 8.54. The average Bonchev–Trinajstić information content (AvgIpc) is 3.15. The SMILES string of the molecule is COC(=O)[C@H](CO)NC(=O)[C@H](CO)NC(=O)Cn1nnc2c1c(=O)n(C)c(=O)n2C. The van der Waals surface area contributed by atoms with Gasteiger partial charge in [-0.1, -0.05) is 5.21 Å². The van der Waals surface area contributed by atoms with Crippen LogP contribution < -0.4 is 21.9 Å². The molecule has 0 unspecified atom stereocenters. The standard InChI is InChI=1S/C15H21N7O8/c1-20-11-10(13(27)21(2)15(20)29)22(19-18-11)4-9(25)16-7(5-23)12(26)17-8(6-24)14(28)30-3/h7-8,23-24H,4-6H2,1-3H3,(H,16,25)(H,17,26)/t7-,8-/m0/s1. The molecule has 2 rings (SSSR count). The first kappa shape index (κ1) is 22.7. The van der Waals surface area contributed by atoms with Crippen molar-refractivity contribution in [2.24, 2.45) is 14.1 Å². The van der Waals surface area contributed by atoms with Crippen LogP contribution in [0.25, 0.3) is 11.2 Å². The molecule has 0 saturated carbocycles. The van der Waals surface area contributed by atoms with E-state index in [2.05, 4.69) is 25.7 Å². The van der Waals surface area contributed by atoms with Crippen LogP contribution in [0.4, 0.5) is 0 Å². The summed E-state index contributed by atoms with van der Waals surface area (Å²) in [6.07, 6.45) is 0. The number of carbonyl (C=O) groups excluding carboxylic acids is 3. The number of hydrogen-bond donors (Lipinski definition) is 4. The highest BCUT2D eigenvalue weighted by molar-refractivity contribution is 5.91. The molecule has 0 aromatic carbocycles. The molecule has 0 aliphatic carbocycles. The minimum atomic E-state index is -1.46. The van der Waals surface area contributed by atoms with Crippen molar-refractivity contribution < 1.29 is 29.3 Å². The predicted octanol–water partition coefficient (Wildman–Crippen LogP) is -5.04. The van der Waals surface area contributed by atoms with E-state index in [9.17, 15) is 29.1 Å². The molecule has 0 fully saturated rings. The van der Waals surface area contributed by atoms with E-state index in [0.29, 0.717) is 0 Å². The summed E-state index contributed by atoms with van der Waals surface area (Å²) in [6, 6.07) is -2.84. The number of rotatable bonds is 8. The Bertz CT molecular complexity index is 1090. The van der Waals surface area contributed by atoms with E-state index in [1.807, 2.05) is 0 Å². The molecule has 0 saturated heterocycles. The lowest BCUT2D eigenvalue weighted by molar-refractivity contribution is -0.146. The van der Waals surface area contributed by atoms with Crippen LogP contribution in [0.5, 0.6) is 0 Å². The lowest BCUT2D eigenvalue weighted by Crippen LogP contribution is -2.54. The first-order valence-electron chi connectivity index (χ1n) is 8.54. The average molecular weight is 427 g/mol. The third kappa shape index (κ3) is 4.36. The van der Waals surface area contributed by atoms with Crippen molar-refractivity contribution in [2.75, 3.05) is 20.3 Å². The number of methoxy groups -OCH3 is 1. The van der Waals surface area contributed by atoms with Crippen molar-refractivity contribution in [3.63, 3.8) is 0 Å². The van der Waals surface area contributed by atoms with E-state index < -0.39 is 60.9 Å². The maximum Gasteiger partial charge on any atom is 0.332 e. The summed E-state index contributed by atoms with van der Waals surface area (Å²) in [7, 11) is 3.70. The lowest BCUT2D eigenvalue weighted by Gasteiger charge is -2.19. The highest BCUT2D eigenvalue weighted by Gasteiger charge is 2.27. The van der Waals surface area contributed by atoms with Crippen LogP contribution in [0, 0.1) is 0 Å². The number of aryl methyl sites for hydroxylation is 1. The topological polar surface area (TPSA) is 200 Å². The molecule has 2 aromatic heterocycles. The molecule has 0 radical (unpaired) electrons. The predicted molar refractivity (Wildman–Crippen MR) is 98.1 cm³/mol. The number of amides is 2. The van der Waals surface area contributed by atoms with Crippen molar-refractivity contribution in [1.82, 2.24) is 34.8 Å². The van der Waals surface area contributed by atoms with Gasteiger partial charge in [-0.05, 0) is 0 Å². The summed E-state index contributed by atoms with van der Waals surface area (Å²) in [4.78, 5) is 60.2. The fourth-order valence-corrected chi connectivity index (χ4v) is 2.57. The Balaban J connectivity index is 2.18. The summed E-state index contributed by atoms with van der Waals surface area (Å²) in [5.74, 6) is -2.67. The summed E-state index contributed by atoms with van der Waals surface area (Å²) in [6.45, 7) is -2.11. The molecule has 0 aliphatic heterocycles. The Morgan fingerprint density at radius 3 is 2.27 bits per heavy atom. The third-order valence-corrected chi connectivity index (χ3v) is 4.23. The molecule has 15 nitrogen and oxygen atoms in total. The quantitative estimate of drug-likeness (QED) is 0.296. The largest absolute Gasteiger partial charge is 0.467 e. The third-order valence-electron chi connectivity index (χ3n) is 4.23. The Labute approximate surface area is 167 Å². The van der Waals surface area contributed by atoms with Crippen molar-refractivity contribution in [1.29, 1.82) is 0 Å². The van der Waals surface area contributed by atoms with Crippen molar-refractivity contribution in [3.8, 4) is 0 Å². The number of hydrogen-bond acceptors (Lipinski definition) is 10. The number of nitrogens with one attached hydrogen (secondary N) is 2. The van der Waals surface area contributed by atoms with Crippen LogP contribution in [0.15, 0.2) is 9.59 Å². The molecule has 15 heteroatoms. The van der Waals surface area contributed by atoms with E-state index in [0.717, 1.165) is 20.9 Å². The van der Waals surface area contributed by atoms with Crippen LogP contribution in [0.3, 0.4) is 0 Å². The van der Waals surface area contributed by atoms with Gasteiger partial charge in [-0.3, -0.25) is 23.5 Å². The van der Waals surface area contributed by atoms with Gasteiger partial charge in [-0.2, -0.15) is 0 Å². The molecule has 4 N–H and O–H groups in total. The number of aromatic nitrogens is 5. The Morgan fingerprint density at radius 1 is 1.07 bits per heavy atom. The number of esters is 1. The van der Waals surface area contributed by atoms with Gasteiger partial charge in [-0.25, -0.2) is 14.3 Å². The lowest BCUT2D eigenvalue weighted by atomic mass is 10.2. The zero-order valence-electron chi connectivity index (χ0n) is 16.4. The molecule has 0 spiro atoms. The molecule has 164 valence electrons. The van der Waals surface area contributed by atoms with Gasteiger partial charge >= 0.3 is 11.7 Å². The first-order chi connectivity index (χ1) is 14.2. The number of ether oxygens (including phenoxy) is 1. The van der Waals surface area contributed by atoms with Gasteiger partial charge in [0, 0.05) is 14.1 Å². The number of fused-ring (bicyclic) bond motifs is 1. The molecule has 2 atom stereocenters. The second kappa shape index (κ2) is 9.27. The molecule has 0 aliphatic rings. The highest BCUT2D eigenvalue weighted by Crippen LogP contribution is 2.02. The summed E-state index contributed by atoms with van der Waals surface area (Å²) >= 11 is 0. The maximum absolute atomic E-state index is 12.3. The van der Waals surface area contributed by atoms with Gasteiger partial charge < -0.3 is 25.6 Å². The van der Waals surface area contributed by atoms with E-state index >= 15 is 0 Å². The summed E-state index contributed by atoms with van der Waals surface area (Å²) in [5, 5.41) is 30.3. The summed E-state index contributed by atoms with van der Waals surface area (Å²) in [5.41, 5.74) is -1.47. The fourth-order valence-electron chi connectivity index (χ4n) is 2.57. The minimum Gasteiger partial charge on any atom is -0.467 e. The molecule has 0 bridgehead atoms. The van der Waals surface area contributed by atoms with Gasteiger partial charge in [0.05, 0.1) is 20.3 Å². The smallest absolute Gasteiger partial charge is 0.332 e. The van der Waals surface area contributed by atoms with E-state index in [1.54, 1.807) is 0 Å². The number of carbonyl (C=O) groups is 3. The fraction of sp³-hybridized carbons (Fsp3) is 0.533. The van der Waals surface area contributed by atoms with Crippen LogP contribution in [0.1, 0.15) is 0 Å². The van der Waals surface area contributed by atoms with Crippen LogP contribution >= 0.6 is 0 Å². The van der Waals surface area contributed by atoms with Crippen LogP contribution in [-0.4, -0.2) is 84.5 Å². The van der Waals surface area contributed by atoms with E-state index in [1.165, 1.54) is 14.1 Å². The van der Waals surface area contributed by atoms with Crippen LogP contribution in [-0.2, 0) is 39.8 Å². The Hall–Kier alpha value is -3.59. The molecular weight excluding hydrogens is 406 g/mol. The molecule has 2 heterocycles. The monoisotopic (exact) mass is 427 g/mol. The van der Waals surface area contributed by atoms with E-state index in [-0.39, 0.29) is 11.2 Å². The Kier molecular flexibility index (Phi) is 7.01. The number of aliphatic hydroxyl groups excluding tert-OH is 2. The molecule has 2 aromatic rings. The normalized spacial score (nSPS) is 13.0. The molecule has 2 amide bonds. The van der Waals surface area contributed by atoms with Gasteiger partial charge in [0.15, 0.2) is 17.2 Å².